The third kappa shape index (κ3) is 2.57. The second kappa shape index (κ2) is 5.54. The minimum Gasteiger partial charge on any atom is -0.337 e. The van der Waals surface area contributed by atoms with Gasteiger partial charge in [0.25, 0.3) is 5.91 Å². The molecule has 1 aliphatic rings. The number of nitrogens with two attached hydrogens (primary N) is 1. The maximum atomic E-state index is 12.3. The first kappa shape index (κ1) is 13.1. The van der Waals surface area contributed by atoms with Gasteiger partial charge in [-0.05, 0) is 25.0 Å². The predicted molar refractivity (Wildman–Crippen MR) is 71.4 cm³/mol. The van der Waals surface area contributed by atoms with E-state index in [0.29, 0.717) is 16.9 Å². The lowest BCUT2D eigenvalue weighted by molar-refractivity contribution is 0.0729. The summed E-state index contributed by atoms with van der Waals surface area (Å²) in [5.41, 5.74) is 2.67. The first-order valence-electron chi connectivity index (χ1n) is 6.04. The molecule has 1 saturated carbocycles. The Hall–Kier alpha value is -1.33. The van der Waals surface area contributed by atoms with Crippen molar-refractivity contribution in [2.75, 3.05) is 12.5 Å². The van der Waals surface area contributed by atoms with Gasteiger partial charge in [0.05, 0.1) is 5.02 Å². The summed E-state index contributed by atoms with van der Waals surface area (Å²) in [4.78, 5) is 18.2. The van der Waals surface area contributed by atoms with Crippen LogP contribution in [0.25, 0.3) is 0 Å². The number of hydrogen-bond acceptors (Lipinski definition) is 4. The zero-order valence-electron chi connectivity index (χ0n) is 10.3. The molecule has 0 aromatic carbocycles. The van der Waals surface area contributed by atoms with Gasteiger partial charge >= 0.3 is 0 Å². The molecule has 0 radical (unpaired) electrons. The molecule has 0 unspecified atom stereocenters. The quantitative estimate of drug-likeness (QED) is 0.650. The zero-order valence-corrected chi connectivity index (χ0v) is 11.1. The van der Waals surface area contributed by atoms with Gasteiger partial charge < -0.3 is 10.3 Å². The van der Waals surface area contributed by atoms with E-state index in [0.717, 1.165) is 12.8 Å². The van der Waals surface area contributed by atoms with E-state index in [2.05, 4.69) is 10.4 Å². The van der Waals surface area contributed by atoms with Gasteiger partial charge in [-0.3, -0.25) is 4.79 Å². The maximum absolute atomic E-state index is 12.3. The Kier molecular flexibility index (Phi) is 4.04. The molecule has 1 amide bonds. The van der Waals surface area contributed by atoms with Crippen LogP contribution in [0.5, 0.6) is 0 Å². The molecule has 2 rings (SSSR count). The molecule has 0 atom stereocenters. The Labute approximate surface area is 111 Å². The smallest absolute Gasteiger partial charge is 0.274 e. The summed E-state index contributed by atoms with van der Waals surface area (Å²) in [7, 11) is 1.80. The van der Waals surface area contributed by atoms with Crippen LogP contribution in [0.2, 0.25) is 5.02 Å². The number of aromatic nitrogens is 1. The van der Waals surface area contributed by atoms with Gasteiger partial charge in [0.1, 0.15) is 11.5 Å². The molecule has 1 aromatic heterocycles. The third-order valence-electron chi connectivity index (χ3n) is 3.39. The van der Waals surface area contributed by atoms with Crippen molar-refractivity contribution in [2.24, 2.45) is 5.84 Å². The Balaban J connectivity index is 2.21. The lowest BCUT2D eigenvalue weighted by atomic mass is 10.2. The number of nitrogen functional groups attached to an aromatic ring is 1. The van der Waals surface area contributed by atoms with Crippen LogP contribution in [-0.4, -0.2) is 28.9 Å². The molecule has 1 heterocycles. The minimum atomic E-state index is -0.149. The van der Waals surface area contributed by atoms with Gasteiger partial charge in [-0.1, -0.05) is 24.4 Å². The molecular weight excluding hydrogens is 252 g/mol. The molecule has 1 aromatic rings. The molecule has 3 N–H and O–H groups in total. The highest BCUT2D eigenvalue weighted by Crippen LogP contribution is 2.25. The number of hydrazine groups is 1. The molecule has 18 heavy (non-hydrogen) atoms. The summed E-state index contributed by atoms with van der Waals surface area (Å²) >= 11 is 6.02. The second-order valence-electron chi connectivity index (χ2n) is 4.53. The van der Waals surface area contributed by atoms with Crippen molar-refractivity contribution in [3.8, 4) is 0 Å². The summed E-state index contributed by atoms with van der Waals surface area (Å²) in [5.74, 6) is 5.57. The molecule has 6 heteroatoms. The number of carbonyl (C=O) groups is 1. The number of nitrogens with one attached hydrogen (secondary N) is 1. The van der Waals surface area contributed by atoms with Crippen LogP contribution in [0.4, 0.5) is 5.82 Å². The van der Waals surface area contributed by atoms with Crippen LogP contribution in [0.3, 0.4) is 0 Å². The highest BCUT2D eigenvalue weighted by molar-refractivity contribution is 6.33. The number of hydrogen-bond donors (Lipinski definition) is 2. The summed E-state index contributed by atoms with van der Waals surface area (Å²) < 4.78 is 0. The summed E-state index contributed by atoms with van der Waals surface area (Å²) in [5, 5.41) is 0.351. The lowest BCUT2D eigenvalue weighted by Gasteiger charge is -2.24. The van der Waals surface area contributed by atoms with Crippen LogP contribution in [-0.2, 0) is 0 Å². The third-order valence-corrected chi connectivity index (χ3v) is 3.69. The van der Waals surface area contributed by atoms with Crippen molar-refractivity contribution >= 4 is 23.3 Å². The monoisotopic (exact) mass is 268 g/mol. The second-order valence-corrected chi connectivity index (χ2v) is 4.93. The van der Waals surface area contributed by atoms with Gasteiger partial charge in [-0.25, -0.2) is 10.8 Å². The van der Waals surface area contributed by atoms with E-state index in [4.69, 9.17) is 17.4 Å². The van der Waals surface area contributed by atoms with E-state index in [1.54, 1.807) is 24.1 Å². The van der Waals surface area contributed by atoms with E-state index >= 15 is 0 Å². The van der Waals surface area contributed by atoms with Crippen molar-refractivity contribution in [3.05, 3.63) is 22.8 Å². The normalized spacial score (nSPS) is 15.7. The number of amides is 1. The van der Waals surface area contributed by atoms with Gasteiger partial charge in [-0.15, -0.1) is 0 Å². The molecule has 0 saturated heterocycles. The topological polar surface area (TPSA) is 71.2 Å². The fourth-order valence-corrected chi connectivity index (χ4v) is 2.48. The molecular formula is C12H17ClN4O. The average molecular weight is 269 g/mol. The zero-order chi connectivity index (χ0) is 13.1. The van der Waals surface area contributed by atoms with Crippen LogP contribution >= 0.6 is 11.6 Å². The largest absolute Gasteiger partial charge is 0.337 e. The van der Waals surface area contributed by atoms with Crippen LogP contribution in [0, 0.1) is 0 Å². The van der Waals surface area contributed by atoms with Gasteiger partial charge in [0.15, 0.2) is 0 Å². The van der Waals surface area contributed by atoms with Gasteiger partial charge in [0.2, 0.25) is 0 Å². The first-order valence-corrected chi connectivity index (χ1v) is 6.41. The lowest BCUT2D eigenvalue weighted by Crippen LogP contribution is -2.36. The van der Waals surface area contributed by atoms with Crippen LogP contribution in [0.15, 0.2) is 12.1 Å². The molecule has 0 bridgehead atoms. The van der Waals surface area contributed by atoms with Crippen LogP contribution in [0.1, 0.15) is 36.2 Å². The van der Waals surface area contributed by atoms with Crippen molar-refractivity contribution in [3.63, 3.8) is 0 Å². The Morgan fingerprint density at radius 1 is 1.50 bits per heavy atom. The first-order chi connectivity index (χ1) is 8.63. The SMILES string of the molecule is CN(C(=O)c1nc(NN)ccc1Cl)C1CCCC1. The fraction of sp³-hybridized carbons (Fsp3) is 0.500. The van der Waals surface area contributed by atoms with E-state index in [1.165, 1.54) is 12.8 Å². The van der Waals surface area contributed by atoms with E-state index in [1.807, 2.05) is 0 Å². The highest BCUT2D eigenvalue weighted by atomic mass is 35.5. The standard InChI is InChI=1S/C12H17ClN4O/c1-17(8-4-2-3-5-8)12(18)11-9(13)6-7-10(15-11)16-14/h6-8H,2-5,14H2,1H3,(H,15,16). The van der Waals surface area contributed by atoms with E-state index < -0.39 is 0 Å². The predicted octanol–water partition coefficient (Wildman–Crippen LogP) is 2.04. The number of rotatable bonds is 3. The molecule has 1 aliphatic carbocycles. The average Bonchev–Trinajstić information content (AvgIpc) is 2.91. The molecule has 98 valence electrons. The summed E-state index contributed by atoms with van der Waals surface area (Å²) in [6.07, 6.45) is 4.45. The van der Waals surface area contributed by atoms with Crippen molar-refractivity contribution in [2.45, 2.75) is 31.7 Å². The van der Waals surface area contributed by atoms with Crippen LogP contribution < -0.4 is 11.3 Å². The van der Waals surface area contributed by atoms with Crippen molar-refractivity contribution < 1.29 is 4.79 Å². The maximum Gasteiger partial charge on any atom is 0.274 e. The summed E-state index contributed by atoms with van der Waals surface area (Å²) in [6.45, 7) is 0. The Morgan fingerprint density at radius 2 is 2.17 bits per heavy atom. The highest BCUT2D eigenvalue weighted by Gasteiger charge is 2.26. The number of carbonyl (C=O) groups excluding carboxylic acids is 1. The van der Waals surface area contributed by atoms with E-state index in [9.17, 15) is 4.79 Å². The molecule has 0 spiro atoms. The van der Waals surface area contributed by atoms with Gasteiger partial charge in [-0.2, -0.15) is 0 Å². The number of anilines is 1. The number of pyridine rings is 1. The van der Waals surface area contributed by atoms with Crippen molar-refractivity contribution in [1.82, 2.24) is 9.88 Å². The summed E-state index contributed by atoms with van der Waals surface area (Å²) in [6, 6.07) is 3.55. The molecule has 0 aliphatic heterocycles. The Bertz CT molecular complexity index is 446. The van der Waals surface area contributed by atoms with Crippen molar-refractivity contribution in [1.29, 1.82) is 0 Å². The Morgan fingerprint density at radius 3 is 2.78 bits per heavy atom. The fourth-order valence-electron chi connectivity index (χ4n) is 2.30. The van der Waals surface area contributed by atoms with E-state index in [-0.39, 0.29) is 11.6 Å². The minimum absolute atomic E-state index is 0.149. The molecule has 1 fully saturated rings. The van der Waals surface area contributed by atoms with Gasteiger partial charge in [0, 0.05) is 13.1 Å². The molecule has 5 nitrogen and oxygen atoms in total. The number of halogens is 1. The number of nitrogens with zero attached hydrogens (tertiary/aromatic N) is 2.